The zero-order valence-electron chi connectivity index (χ0n) is 12.6. The van der Waals surface area contributed by atoms with Gasteiger partial charge in [0.1, 0.15) is 0 Å². The first-order valence-corrected chi connectivity index (χ1v) is 9.88. The molecule has 0 nitrogen and oxygen atoms in total. The molecular weight excluding hydrogens is 343 g/mol. The second-order valence-electron chi connectivity index (χ2n) is 5.16. The fourth-order valence-corrected chi connectivity index (χ4v) is 5.34. The molecule has 0 N–H and O–H groups in total. The summed E-state index contributed by atoms with van der Waals surface area (Å²) in [6.07, 6.45) is 12.4. The fourth-order valence-electron chi connectivity index (χ4n) is 2.41. The zero-order valence-corrected chi connectivity index (χ0v) is 15.9. The van der Waals surface area contributed by atoms with Gasteiger partial charge in [0.25, 0.3) is 0 Å². The molecule has 2 heterocycles. The summed E-state index contributed by atoms with van der Waals surface area (Å²) < 4.78 is 4.00. The summed E-state index contributed by atoms with van der Waals surface area (Å²) in [7, 11) is 0. The molecule has 0 fully saturated rings. The van der Waals surface area contributed by atoms with Crippen LogP contribution in [0.2, 0.25) is 0 Å². The Morgan fingerprint density at radius 1 is 1.00 bits per heavy atom. The quantitative estimate of drug-likeness (QED) is 0.355. The maximum absolute atomic E-state index is 3.57. The molecular formula is C16H22BrLiS2. The molecule has 2 aromatic rings. The van der Waals surface area contributed by atoms with E-state index < -0.39 is 0 Å². The van der Waals surface area contributed by atoms with Crippen molar-refractivity contribution in [1.82, 2.24) is 0 Å². The van der Waals surface area contributed by atoms with Crippen LogP contribution in [0.5, 0.6) is 0 Å². The molecule has 0 bridgehead atoms. The summed E-state index contributed by atoms with van der Waals surface area (Å²) in [5, 5.41) is 5.63. The van der Waals surface area contributed by atoms with E-state index in [0.717, 1.165) is 4.47 Å². The van der Waals surface area contributed by atoms with Crippen molar-refractivity contribution in [3.8, 4) is 0 Å². The molecule has 0 atom stereocenters. The molecule has 2 rings (SSSR count). The van der Waals surface area contributed by atoms with E-state index in [1.54, 1.807) is 11.3 Å². The monoisotopic (exact) mass is 364 g/mol. The van der Waals surface area contributed by atoms with Crippen LogP contribution in [0.3, 0.4) is 0 Å². The third-order valence-corrected chi connectivity index (χ3v) is 6.83. The van der Waals surface area contributed by atoms with E-state index in [4.69, 9.17) is 0 Å². The van der Waals surface area contributed by atoms with E-state index in [1.165, 1.54) is 72.8 Å². The predicted molar refractivity (Wildman–Crippen MR) is 92.6 cm³/mol. The third kappa shape index (κ3) is 5.50. The van der Waals surface area contributed by atoms with Crippen molar-refractivity contribution in [1.29, 1.82) is 0 Å². The standard InChI is InChI=1S/C16H22BrS2.Li/c1-2-3-4-5-6-7-8-9-10-13-11-18-16-14(17)12-19-15(13)16;/h11H,2-10H2,1H3;/q-1;+1. The summed E-state index contributed by atoms with van der Waals surface area (Å²) in [6, 6.07) is 0. The van der Waals surface area contributed by atoms with Crippen LogP contribution in [0.25, 0.3) is 9.40 Å². The summed E-state index contributed by atoms with van der Waals surface area (Å²) in [5.41, 5.74) is 1.54. The Kier molecular flexibility index (Phi) is 9.83. The van der Waals surface area contributed by atoms with Crippen LogP contribution in [-0.2, 0) is 6.42 Å². The summed E-state index contributed by atoms with van der Waals surface area (Å²) >= 11 is 7.19. The number of rotatable bonds is 9. The molecule has 0 unspecified atom stereocenters. The van der Waals surface area contributed by atoms with Gasteiger partial charge in [-0.2, -0.15) is 0 Å². The van der Waals surface area contributed by atoms with Gasteiger partial charge in [-0.15, -0.1) is 10.1 Å². The largest absolute Gasteiger partial charge is 1.00 e. The van der Waals surface area contributed by atoms with E-state index in [9.17, 15) is 0 Å². The Hall–Kier alpha value is 0.737. The van der Waals surface area contributed by atoms with Crippen molar-refractivity contribution in [2.45, 2.75) is 64.7 Å². The average molecular weight is 365 g/mol. The molecule has 0 aliphatic rings. The van der Waals surface area contributed by atoms with Crippen LogP contribution in [0, 0.1) is 5.38 Å². The van der Waals surface area contributed by atoms with Gasteiger partial charge in [0.05, 0.1) is 0 Å². The second kappa shape index (κ2) is 10.5. The summed E-state index contributed by atoms with van der Waals surface area (Å²) in [5.74, 6) is 0. The topological polar surface area (TPSA) is 0 Å². The van der Waals surface area contributed by atoms with Gasteiger partial charge >= 0.3 is 18.9 Å². The van der Waals surface area contributed by atoms with Crippen molar-refractivity contribution >= 4 is 48.0 Å². The van der Waals surface area contributed by atoms with Crippen LogP contribution in [0.4, 0.5) is 0 Å². The average Bonchev–Trinajstić information content (AvgIpc) is 2.97. The van der Waals surface area contributed by atoms with E-state index in [-0.39, 0.29) is 18.9 Å². The molecule has 0 aromatic carbocycles. The van der Waals surface area contributed by atoms with Crippen LogP contribution >= 0.6 is 38.6 Å². The Bertz CT molecular complexity index is 490. The van der Waals surface area contributed by atoms with Gasteiger partial charge < -0.3 is 0 Å². The molecule has 106 valence electrons. The molecule has 0 amide bonds. The van der Waals surface area contributed by atoms with Crippen molar-refractivity contribution in [2.75, 3.05) is 0 Å². The van der Waals surface area contributed by atoms with Crippen LogP contribution in [0.15, 0.2) is 9.85 Å². The summed E-state index contributed by atoms with van der Waals surface area (Å²) in [4.78, 5) is 0. The SMILES string of the molecule is CCCCCCCCCCc1csc2c(Br)[c-]sc12.[Li+]. The van der Waals surface area contributed by atoms with Gasteiger partial charge in [0.15, 0.2) is 0 Å². The number of fused-ring (bicyclic) bond motifs is 1. The van der Waals surface area contributed by atoms with E-state index in [1.807, 2.05) is 11.3 Å². The molecule has 2 aromatic heterocycles. The van der Waals surface area contributed by atoms with Gasteiger partial charge in [-0.05, 0) is 11.8 Å². The first-order chi connectivity index (χ1) is 9.33. The number of hydrogen-bond acceptors (Lipinski definition) is 2. The minimum Gasteiger partial charge on any atom is -0.293 e. The number of aryl methyl sites for hydroxylation is 1. The summed E-state index contributed by atoms with van der Waals surface area (Å²) in [6.45, 7) is 2.28. The molecule has 0 radical (unpaired) electrons. The number of unbranched alkanes of at least 4 members (excludes halogenated alkanes) is 7. The molecule has 0 spiro atoms. The van der Waals surface area contributed by atoms with Crippen molar-refractivity contribution in [3.05, 3.63) is 20.8 Å². The first kappa shape index (κ1) is 18.8. The Labute approximate surface area is 151 Å². The van der Waals surface area contributed by atoms with E-state index >= 15 is 0 Å². The van der Waals surface area contributed by atoms with Gasteiger partial charge in [-0.1, -0.05) is 89.0 Å². The van der Waals surface area contributed by atoms with E-state index in [0.29, 0.717) is 0 Å². The number of thiophene rings is 2. The van der Waals surface area contributed by atoms with Gasteiger partial charge in [-0.3, -0.25) is 11.3 Å². The zero-order chi connectivity index (χ0) is 13.5. The molecule has 0 saturated carbocycles. The number of hydrogen-bond donors (Lipinski definition) is 0. The van der Waals surface area contributed by atoms with Crippen molar-refractivity contribution in [2.24, 2.45) is 0 Å². The van der Waals surface area contributed by atoms with Gasteiger partial charge in [0.2, 0.25) is 0 Å². The third-order valence-electron chi connectivity index (χ3n) is 3.56. The normalized spacial score (nSPS) is 10.9. The maximum atomic E-state index is 3.57. The predicted octanol–water partition coefficient (Wildman–Crippen LogP) is 4.21. The maximum Gasteiger partial charge on any atom is 1.00 e. The fraction of sp³-hybridized carbons (Fsp3) is 0.625. The van der Waals surface area contributed by atoms with Crippen molar-refractivity contribution in [3.63, 3.8) is 0 Å². The molecule has 20 heavy (non-hydrogen) atoms. The molecule has 4 heteroatoms. The van der Waals surface area contributed by atoms with Crippen LogP contribution < -0.4 is 18.9 Å². The van der Waals surface area contributed by atoms with Crippen molar-refractivity contribution < 1.29 is 18.9 Å². The molecule has 0 aliphatic carbocycles. The minimum atomic E-state index is 0. The molecule has 0 aliphatic heterocycles. The second-order valence-corrected chi connectivity index (χ2v) is 7.65. The Morgan fingerprint density at radius 3 is 2.35 bits per heavy atom. The van der Waals surface area contributed by atoms with E-state index in [2.05, 4.69) is 33.6 Å². The van der Waals surface area contributed by atoms with Gasteiger partial charge in [0, 0.05) is 0 Å². The Balaban J connectivity index is 0.00000200. The first-order valence-electron chi connectivity index (χ1n) is 7.39. The number of halogens is 1. The smallest absolute Gasteiger partial charge is 0.293 e. The molecule has 0 saturated heterocycles. The minimum absolute atomic E-state index is 0. The van der Waals surface area contributed by atoms with Crippen LogP contribution in [-0.4, -0.2) is 0 Å². The Morgan fingerprint density at radius 2 is 1.65 bits per heavy atom. The van der Waals surface area contributed by atoms with Gasteiger partial charge in [-0.25, -0.2) is 11.3 Å². The van der Waals surface area contributed by atoms with Crippen LogP contribution in [0.1, 0.15) is 63.9 Å².